The first-order chi connectivity index (χ1) is 7.24. The summed E-state index contributed by atoms with van der Waals surface area (Å²) in [6.07, 6.45) is 3.74. The highest BCUT2D eigenvalue weighted by atomic mass is 16.5. The number of carbonyl (C=O) groups is 1. The van der Waals surface area contributed by atoms with Gasteiger partial charge in [0, 0.05) is 5.92 Å². The minimum atomic E-state index is -0.381. The van der Waals surface area contributed by atoms with Crippen LogP contribution in [0.2, 0.25) is 0 Å². The lowest BCUT2D eigenvalue weighted by Crippen LogP contribution is -2.09. The topological polar surface area (TPSA) is 52.3 Å². The zero-order valence-electron chi connectivity index (χ0n) is 9.03. The molecule has 0 spiro atoms. The molecule has 82 valence electrons. The molecule has 1 unspecified atom stereocenters. The van der Waals surface area contributed by atoms with Crippen LogP contribution in [0.15, 0.2) is 10.8 Å². The zero-order valence-corrected chi connectivity index (χ0v) is 9.03. The molecule has 2 rings (SSSR count). The van der Waals surface area contributed by atoms with Crippen LogP contribution in [-0.2, 0) is 4.74 Å². The number of hydrogen-bond donors (Lipinski definition) is 0. The van der Waals surface area contributed by atoms with Gasteiger partial charge in [-0.05, 0) is 25.7 Å². The third kappa shape index (κ3) is 2.03. The minimum absolute atomic E-state index is 0.270. The van der Waals surface area contributed by atoms with Crippen LogP contribution in [0.1, 0.15) is 48.9 Å². The van der Waals surface area contributed by atoms with E-state index in [1.165, 1.54) is 19.2 Å². The average Bonchev–Trinajstić information content (AvgIpc) is 2.94. The van der Waals surface area contributed by atoms with Crippen molar-refractivity contribution < 1.29 is 13.9 Å². The van der Waals surface area contributed by atoms with Crippen LogP contribution in [0.3, 0.4) is 0 Å². The fourth-order valence-corrected chi connectivity index (χ4v) is 1.74. The molecule has 0 saturated heterocycles. The van der Waals surface area contributed by atoms with Gasteiger partial charge in [-0.2, -0.15) is 0 Å². The molecule has 1 aromatic heterocycles. The van der Waals surface area contributed by atoms with E-state index < -0.39 is 0 Å². The van der Waals surface area contributed by atoms with E-state index >= 15 is 0 Å². The van der Waals surface area contributed by atoms with Crippen LogP contribution in [0, 0.1) is 5.92 Å². The van der Waals surface area contributed by atoms with E-state index in [4.69, 9.17) is 9.15 Å². The van der Waals surface area contributed by atoms with Gasteiger partial charge in [0.05, 0.1) is 6.61 Å². The molecule has 0 amide bonds. The van der Waals surface area contributed by atoms with Crippen molar-refractivity contribution in [1.29, 1.82) is 0 Å². The number of nitrogens with zero attached hydrogens (tertiary/aromatic N) is 1. The van der Waals surface area contributed by atoms with Gasteiger partial charge in [0.2, 0.25) is 0 Å². The third-order valence-corrected chi connectivity index (χ3v) is 2.81. The Labute approximate surface area is 88.6 Å². The van der Waals surface area contributed by atoms with Gasteiger partial charge >= 0.3 is 5.97 Å². The van der Waals surface area contributed by atoms with Crippen LogP contribution in [0.25, 0.3) is 0 Å². The number of rotatable bonds is 4. The predicted octanol–water partition coefficient (Wildman–Crippen LogP) is 2.36. The van der Waals surface area contributed by atoms with E-state index in [1.54, 1.807) is 6.92 Å². The fraction of sp³-hybridized carbons (Fsp3) is 0.636. The molecule has 1 fully saturated rings. The molecule has 15 heavy (non-hydrogen) atoms. The van der Waals surface area contributed by atoms with E-state index in [1.807, 2.05) is 0 Å². The fourth-order valence-electron chi connectivity index (χ4n) is 1.74. The lowest BCUT2D eigenvalue weighted by molar-refractivity contribution is 0.0516. The standard InChI is InChI=1S/C11H15NO3/c1-3-14-11(13)9-10(15-6-12-9)7(2)8-4-5-8/h6-8H,3-5H2,1-2H3. The van der Waals surface area contributed by atoms with Crippen molar-refractivity contribution in [2.24, 2.45) is 5.92 Å². The molecule has 0 aromatic carbocycles. The second-order valence-electron chi connectivity index (χ2n) is 3.91. The summed E-state index contributed by atoms with van der Waals surface area (Å²) in [6, 6.07) is 0. The van der Waals surface area contributed by atoms with Crippen LogP contribution in [0.5, 0.6) is 0 Å². The molecule has 0 aliphatic heterocycles. The summed E-state index contributed by atoms with van der Waals surface area (Å²) >= 11 is 0. The minimum Gasteiger partial charge on any atom is -0.461 e. The van der Waals surface area contributed by atoms with Gasteiger partial charge in [-0.3, -0.25) is 0 Å². The van der Waals surface area contributed by atoms with Gasteiger partial charge in [0.15, 0.2) is 12.1 Å². The van der Waals surface area contributed by atoms with Crippen molar-refractivity contribution in [1.82, 2.24) is 4.98 Å². The number of ether oxygens (including phenoxy) is 1. The quantitative estimate of drug-likeness (QED) is 0.714. The first-order valence-electron chi connectivity index (χ1n) is 5.34. The van der Waals surface area contributed by atoms with Gasteiger partial charge in [0.25, 0.3) is 0 Å². The Morgan fingerprint density at radius 1 is 1.73 bits per heavy atom. The van der Waals surface area contributed by atoms with E-state index in [2.05, 4.69) is 11.9 Å². The molecule has 0 bridgehead atoms. The van der Waals surface area contributed by atoms with Gasteiger partial charge in [-0.15, -0.1) is 0 Å². The molecular weight excluding hydrogens is 194 g/mol. The Morgan fingerprint density at radius 2 is 2.47 bits per heavy atom. The van der Waals surface area contributed by atoms with Gasteiger partial charge in [0.1, 0.15) is 5.76 Å². The molecule has 1 aliphatic carbocycles. The summed E-state index contributed by atoms with van der Waals surface area (Å²) in [5, 5.41) is 0. The molecule has 1 aromatic rings. The number of hydrogen-bond acceptors (Lipinski definition) is 4. The lowest BCUT2D eigenvalue weighted by atomic mass is 10.0. The summed E-state index contributed by atoms with van der Waals surface area (Å²) < 4.78 is 10.2. The molecular formula is C11H15NO3. The van der Waals surface area contributed by atoms with Crippen molar-refractivity contribution in [2.75, 3.05) is 6.61 Å². The van der Waals surface area contributed by atoms with Gasteiger partial charge in [-0.25, -0.2) is 9.78 Å². The van der Waals surface area contributed by atoms with Crippen molar-refractivity contribution in [3.63, 3.8) is 0 Å². The highest BCUT2D eigenvalue weighted by Crippen LogP contribution is 2.43. The Balaban J connectivity index is 2.16. The van der Waals surface area contributed by atoms with Gasteiger partial charge in [-0.1, -0.05) is 6.92 Å². The van der Waals surface area contributed by atoms with E-state index in [0.717, 1.165) is 0 Å². The van der Waals surface area contributed by atoms with E-state index in [-0.39, 0.29) is 11.9 Å². The normalized spacial score (nSPS) is 17.5. The molecule has 0 radical (unpaired) electrons. The maximum atomic E-state index is 11.5. The maximum absolute atomic E-state index is 11.5. The van der Waals surface area contributed by atoms with Crippen molar-refractivity contribution >= 4 is 5.97 Å². The van der Waals surface area contributed by atoms with Crippen LogP contribution >= 0.6 is 0 Å². The van der Waals surface area contributed by atoms with Gasteiger partial charge < -0.3 is 9.15 Å². The summed E-state index contributed by atoms with van der Waals surface area (Å²) in [6.45, 7) is 4.21. The Kier molecular flexibility index (Phi) is 2.75. The molecule has 4 nitrogen and oxygen atoms in total. The average molecular weight is 209 g/mol. The summed E-state index contributed by atoms with van der Waals surface area (Å²) in [5.74, 6) is 1.21. The van der Waals surface area contributed by atoms with Crippen molar-refractivity contribution in [2.45, 2.75) is 32.6 Å². The molecule has 1 atom stereocenters. The van der Waals surface area contributed by atoms with Crippen LogP contribution < -0.4 is 0 Å². The highest BCUT2D eigenvalue weighted by Gasteiger charge is 2.34. The molecule has 0 N–H and O–H groups in total. The number of esters is 1. The number of aromatic nitrogens is 1. The lowest BCUT2D eigenvalue weighted by Gasteiger charge is -2.07. The number of oxazole rings is 1. The molecule has 1 aliphatic rings. The SMILES string of the molecule is CCOC(=O)c1ncoc1C(C)C1CC1. The predicted molar refractivity (Wildman–Crippen MR) is 53.6 cm³/mol. The van der Waals surface area contributed by atoms with Crippen LogP contribution in [-0.4, -0.2) is 17.6 Å². The molecule has 1 saturated carbocycles. The molecule has 4 heteroatoms. The highest BCUT2D eigenvalue weighted by molar-refractivity contribution is 5.88. The first-order valence-corrected chi connectivity index (χ1v) is 5.34. The van der Waals surface area contributed by atoms with Crippen LogP contribution in [0.4, 0.5) is 0 Å². The molecule has 1 heterocycles. The third-order valence-electron chi connectivity index (χ3n) is 2.81. The Bertz CT molecular complexity index is 354. The second-order valence-corrected chi connectivity index (χ2v) is 3.91. The second kappa shape index (κ2) is 4.04. The van der Waals surface area contributed by atoms with Crippen molar-refractivity contribution in [3.8, 4) is 0 Å². The monoisotopic (exact) mass is 209 g/mol. The largest absolute Gasteiger partial charge is 0.461 e. The summed E-state index contributed by atoms with van der Waals surface area (Å²) in [4.78, 5) is 15.5. The Hall–Kier alpha value is -1.32. The smallest absolute Gasteiger partial charge is 0.360 e. The number of carbonyl (C=O) groups excluding carboxylic acids is 1. The Morgan fingerprint density at radius 3 is 3.07 bits per heavy atom. The van der Waals surface area contributed by atoms with E-state index in [0.29, 0.717) is 24.0 Å². The summed E-state index contributed by atoms with van der Waals surface area (Å²) in [5.41, 5.74) is 0.344. The first kappa shape index (κ1) is 10.2. The zero-order chi connectivity index (χ0) is 10.8. The van der Waals surface area contributed by atoms with Crippen molar-refractivity contribution in [3.05, 3.63) is 17.8 Å². The summed E-state index contributed by atoms with van der Waals surface area (Å²) in [7, 11) is 0. The van der Waals surface area contributed by atoms with E-state index in [9.17, 15) is 4.79 Å². The maximum Gasteiger partial charge on any atom is 0.360 e.